The summed E-state index contributed by atoms with van der Waals surface area (Å²) in [6, 6.07) is 12.0. The quantitative estimate of drug-likeness (QED) is 0.263. The van der Waals surface area contributed by atoms with Gasteiger partial charge in [0.05, 0.1) is 0 Å². The van der Waals surface area contributed by atoms with E-state index in [-0.39, 0.29) is 5.78 Å². The Morgan fingerprint density at radius 3 is 2.10 bits per heavy atom. The second kappa shape index (κ2) is 13.1. The van der Waals surface area contributed by atoms with Crippen molar-refractivity contribution in [2.45, 2.75) is 60.3 Å². The Morgan fingerprint density at radius 1 is 0.903 bits per heavy atom. The van der Waals surface area contributed by atoms with Gasteiger partial charge in [-0.2, -0.15) is 0 Å². The third-order valence-corrected chi connectivity index (χ3v) is 5.66. The summed E-state index contributed by atoms with van der Waals surface area (Å²) in [6.45, 7) is 14.5. The molecule has 2 aromatic carbocycles. The van der Waals surface area contributed by atoms with Gasteiger partial charge in [-0.3, -0.25) is 9.69 Å². The molecule has 0 unspecified atom stereocenters. The molecule has 0 heterocycles. The summed E-state index contributed by atoms with van der Waals surface area (Å²) in [5.41, 5.74) is 4.97. The number of carbonyl (C=O) groups is 1. The van der Waals surface area contributed by atoms with Crippen LogP contribution in [-0.2, 0) is 0 Å². The van der Waals surface area contributed by atoms with Crippen LogP contribution < -0.4 is 4.74 Å². The zero-order chi connectivity index (χ0) is 22.6. The van der Waals surface area contributed by atoms with Crippen LogP contribution in [0.3, 0.4) is 0 Å². The van der Waals surface area contributed by atoms with Crippen LogP contribution >= 0.6 is 0 Å². The number of unbranched alkanes of at least 4 members (excludes halogenated alkanes) is 2. The van der Waals surface area contributed by atoms with Crippen molar-refractivity contribution in [3.8, 4) is 5.75 Å². The Hall–Kier alpha value is -2.39. The molecule has 0 aliphatic carbocycles. The number of hydrogen-bond acceptors (Lipinski definition) is 3. The second-order valence-corrected chi connectivity index (χ2v) is 8.39. The lowest BCUT2D eigenvalue weighted by Gasteiger charge is -2.22. The first-order valence-electron chi connectivity index (χ1n) is 11.7. The largest absolute Gasteiger partial charge is 0.492 e. The molecule has 3 nitrogen and oxygen atoms in total. The summed E-state index contributed by atoms with van der Waals surface area (Å²) in [4.78, 5) is 15.2. The molecule has 2 rings (SSSR count). The minimum absolute atomic E-state index is 0.0197. The van der Waals surface area contributed by atoms with Gasteiger partial charge in [0.15, 0.2) is 5.78 Å². The van der Waals surface area contributed by atoms with Gasteiger partial charge in [-0.25, -0.2) is 0 Å². The molecule has 0 bridgehead atoms. The standard InChI is InChI=1S/C28H39NO2/c1-6-8-16-29(17-9-7-2)18-19-31-28-23(4)20-26(21-24(28)5)27(30)15-14-25-13-11-10-12-22(25)3/h10-15,20-21H,6-9,16-19H2,1-5H3. The molecule has 0 radical (unpaired) electrons. The number of ketones is 1. The minimum atomic E-state index is 0.0197. The smallest absolute Gasteiger partial charge is 0.185 e. The van der Waals surface area contributed by atoms with Crippen LogP contribution in [-0.4, -0.2) is 36.9 Å². The van der Waals surface area contributed by atoms with E-state index in [0.717, 1.165) is 47.6 Å². The first-order valence-corrected chi connectivity index (χ1v) is 11.7. The van der Waals surface area contributed by atoms with Crippen LogP contribution in [0.1, 0.15) is 72.1 Å². The number of allylic oxidation sites excluding steroid dienone is 1. The monoisotopic (exact) mass is 421 g/mol. The fourth-order valence-electron chi connectivity index (χ4n) is 3.73. The molecule has 0 aliphatic rings. The van der Waals surface area contributed by atoms with Gasteiger partial charge in [0.2, 0.25) is 0 Å². The molecule has 0 N–H and O–H groups in total. The van der Waals surface area contributed by atoms with Crippen LogP contribution in [0.2, 0.25) is 0 Å². The minimum Gasteiger partial charge on any atom is -0.492 e. The highest BCUT2D eigenvalue weighted by Gasteiger charge is 2.11. The molecule has 168 valence electrons. The number of nitrogens with zero attached hydrogens (tertiary/aromatic N) is 1. The number of carbonyl (C=O) groups excluding carboxylic acids is 1. The third-order valence-electron chi connectivity index (χ3n) is 5.66. The summed E-state index contributed by atoms with van der Waals surface area (Å²) >= 11 is 0. The normalized spacial score (nSPS) is 11.4. The fraction of sp³-hybridized carbons (Fsp3) is 0.464. The summed E-state index contributed by atoms with van der Waals surface area (Å²) in [6.07, 6.45) is 8.46. The molecule has 0 atom stereocenters. The second-order valence-electron chi connectivity index (χ2n) is 8.39. The number of benzene rings is 2. The van der Waals surface area contributed by atoms with Gasteiger partial charge < -0.3 is 4.74 Å². The summed E-state index contributed by atoms with van der Waals surface area (Å²) in [5, 5.41) is 0. The van der Waals surface area contributed by atoms with E-state index < -0.39 is 0 Å². The van der Waals surface area contributed by atoms with Gasteiger partial charge in [-0.1, -0.05) is 57.0 Å². The Labute approximate surface area is 189 Å². The van der Waals surface area contributed by atoms with Crippen LogP contribution in [0.5, 0.6) is 5.75 Å². The van der Waals surface area contributed by atoms with Gasteiger partial charge >= 0.3 is 0 Å². The summed E-state index contributed by atoms with van der Waals surface area (Å²) in [7, 11) is 0. The molecule has 3 heteroatoms. The van der Waals surface area contributed by atoms with Crippen molar-refractivity contribution >= 4 is 11.9 Å². The van der Waals surface area contributed by atoms with Gasteiger partial charge in [-0.15, -0.1) is 0 Å². The van der Waals surface area contributed by atoms with E-state index in [1.807, 2.05) is 50.3 Å². The van der Waals surface area contributed by atoms with Crippen molar-refractivity contribution in [1.29, 1.82) is 0 Å². The molecule has 0 saturated carbocycles. The average Bonchev–Trinajstić information content (AvgIpc) is 2.76. The van der Waals surface area contributed by atoms with Gasteiger partial charge in [-0.05, 0) is 87.2 Å². The van der Waals surface area contributed by atoms with E-state index in [0.29, 0.717) is 12.2 Å². The van der Waals surface area contributed by atoms with Crippen molar-refractivity contribution in [2.24, 2.45) is 0 Å². The van der Waals surface area contributed by atoms with Crippen LogP contribution in [0.4, 0.5) is 0 Å². The van der Waals surface area contributed by atoms with E-state index in [4.69, 9.17) is 4.74 Å². The zero-order valence-electron chi connectivity index (χ0n) is 20.0. The summed E-state index contributed by atoms with van der Waals surface area (Å²) < 4.78 is 6.17. The van der Waals surface area contributed by atoms with Gasteiger partial charge in [0.25, 0.3) is 0 Å². The van der Waals surface area contributed by atoms with Gasteiger partial charge in [0, 0.05) is 12.1 Å². The van der Waals surface area contributed by atoms with E-state index >= 15 is 0 Å². The van der Waals surface area contributed by atoms with E-state index in [1.165, 1.54) is 25.7 Å². The lowest BCUT2D eigenvalue weighted by molar-refractivity contribution is 0.104. The number of hydrogen-bond donors (Lipinski definition) is 0. The molecule has 0 spiro atoms. The maximum absolute atomic E-state index is 12.7. The first-order chi connectivity index (χ1) is 15.0. The Morgan fingerprint density at radius 2 is 1.52 bits per heavy atom. The molecule has 31 heavy (non-hydrogen) atoms. The third kappa shape index (κ3) is 7.99. The highest BCUT2D eigenvalue weighted by Crippen LogP contribution is 2.25. The van der Waals surface area contributed by atoms with Crippen LogP contribution in [0.15, 0.2) is 42.5 Å². The zero-order valence-corrected chi connectivity index (χ0v) is 20.0. The first kappa shape index (κ1) is 24.9. The number of aryl methyl sites for hydroxylation is 3. The van der Waals surface area contributed by atoms with E-state index in [2.05, 4.69) is 31.7 Å². The predicted octanol–water partition coefficient (Wildman–Crippen LogP) is 6.79. The molecule has 0 amide bonds. The lowest BCUT2D eigenvalue weighted by Crippen LogP contribution is -2.30. The Balaban J connectivity index is 2.01. The van der Waals surface area contributed by atoms with Crippen molar-refractivity contribution in [2.75, 3.05) is 26.2 Å². The highest BCUT2D eigenvalue weighted by atomic mass is 16.5. The molecule has 0 saturated heterocycles. The van der Waals surface area contributed by atoms with Crippen molar-refractivity contribution in [1.82, 2.24) is 4.90 Å². The lowest BCUT2D eigenvalue weighted by atomic mass is 10.0. The Kier molecular flexibility index (Phi) is 10.5. The molecule has 2 aromatic rings. The van der Waals surface area contributed by atoms with Gasteiger partial charge in [0.1, 0.15) is 12.4 Å². The highest BCUT2D eigenvalue weighted by molar-refractivity contribution is 6.07. The number of ether oxygens (including phenoxy) is 1. The van der Waals surface area contributed by atoms with Crippen LogP contribution in [0.25, 0.3) is 6.08 Å². The van der Waals surface area contributed by atoms with Crippen molar-refractivity contribution in [3.05, 3.63) is 70.3 Å². The maximum Gasteiger partial charge on any atom is 0.185 e. The number of rotatable bonds is 13. The molecule has 0 aliphatic heterocycles. The molecular formula is C28H39NO2. The van der Waals surface area contributed by atoms with Crippen molar-refractivity contribution in [3.63, 3.8) is 0 Å². The maximum atomic E-state index is 12.7. The fourth-order valence-corrected chi connectivity index (χ4v) is 3.73. The molecule has 0 aromatic heterocycles. The van der Waals surface area contributed by atoms with E-state index in [9.17, 15) is 4.79 Å². The van der Waals surface area contributed by atoms with Crippen molar-refractivity contribution < 1.29 is 9.53 Å². The SMILES string of the molecule is CCCCN(CCCC)CCOc1c(C)cc(C(=O)C=Cc2ccccc2C)cc1C. The topological polar surface area (TPSA) is 29.5 Å². The van der Waals surface area contributed by atoms with E-state index in [1.54, 1.807) is 6.08 Å². The summed E-state index contributed by atoms with van der Waals surface area (Å²) in [5.74, 6) is 0.927. The predicted molar refractivity (Wildman–Crippen MR) is 132 cm³/mol. The molecule has 0 fully saturated rings. The van der Waals surface area contributed by atoms with Crippen LogP contribution in [0, 0.1) is 20.8 Å². The average molecular weight is 422 g/mol. The Bertz CT molecular complexity index is 838. The molecular weight excluding hydrogens is 382 g/mol.